The van der Waals surface area contributed by atoms with E-state index < -0.39 is 10.8 Å². The van der Waals surface area contributed by atoms with Gasteiger partial charge in [-0.1, -0.05) is 45.9 Å². The molecule has 3 aromatic carbocycles. The van der Waals surface area contributed by atoms with Gasteiger partial charge in [-0.3, -0.25) is 24.5 Å². The van der Waals surface area contributed by atoms with Gasteiger partial charge in [0.1, 0.15) is 18.1 Å². The molecule has 0 aromatic heterocycles. The average Bonchev–Trinajstić information content (AvgIpc) is 3.10. The maximum Gasteiger partial charge on any atom is 0.310 e. The summed E-state index contributed by atoms with van der Waals surface area (Å²) in [6, 6.07) is 16.0. The molecule has 51 heavy (non-hydrogen) atoms. The molecule has 3 aromatic rings. The number of nitrogens with zero attached hydrogens (tertiary/aromatic N) is 1. The van der Waals surface area contributed by atoms with Gasteiger partial charge >= 0.3 is 5.69 Å². The summed E-state index contributed by atoms with van der Waals surface area (Å²) in [6.45, 7) is 8.91. The molecule has 1 aliphatic carbocycles. The highest BCUT2D eigenvalue weighted by Crippen LogP contribution is 2.41. The van der Waals surface area contributed by atoms with Crippen molar-refractivity contribution in [2.24, 2.45) is 23.3 Å². The molecule has 14 heteroatoms. The van der Waals surface area contributed by atoms with E-state index in [1.165, 1.54) is 23.8 Å². The minimum Gasteiger partial charge on any atom is -0.493 e. The van der Waals surface area contributed by atoms with Gasteiger partial charge in [0.25, 0.3) is 5.91 Å². The van der Waals surface area contributed by atoms with Crippen molar-refractivity contribution in [1.29, 1.82) is 0 Å². The topological polar surface area (TPSA) is 206 Å². The highest BCUT2D eigenvalue weighted by molar-refractivity contribution is 7.80. The van der Waals surface area contributed by atoms with Crippen molar-refractivity contribution in [3.63, 3.8) is 0 Å². The molecular weight excluding hydrogens is 676 g/mol. The van der Waals surface area contributed by atoms with Crippen LogP contribution >= 0.6 is 12.6 Å². The van der Waals surface area contributed by atoms with E-state index in [9.17, 15) is 14.9 Å². The predicted octanol–water partition coefficient (Wildman–Crippen LogP) is 6.11. The number of rotatable bonds is 14. The molecule has 0 bridgehead atoms. The molecule has 0 unspecified atom stereocenters. The number of ether oxygens (including phenoxy) is 3. The number of nitro groups is 1. The van der Waals surface area contributed by atoms with E-state index in [0.717, 1.165) is 42.6 Å². The Morgan fingerprint density at radius 1 is 0.902 bits per heavy atom. The Bertz CT molecular complexity index is 1570. The summed E-state index contributed by atoms with van der Waals surface area (Å²) in [5.41, 5.74) is 11.8. The number of nitro benzene ring substituents is 1. The van der Waals surface area contributed by atoms with Gasteiger partial charge in [0, 0.05) is 28.5 Å². The number of benzene rings is 3. The van der Waals surface area contributed by atoms with Crippen LogP contribution in [0.5, 0.6) is 17.2 Å². The first-order valence-corrected chi connectivity index (χ1v) is 17.3. The van der Waals surface area contributed by atoms with Crippen LogP contribution in [-0.4, -0.2) is 60.4 Å². The molecule has 0 spiro atoms. The van der Waals surface area contributed by atoms with Crippen molar-refractivity contribution in [1.82, 2.24) is 0 Å². The molecule has 0 aliphatic heterocycles. The molecule has 0 saturated heterocycles. The summed E-state index contributed by atoms with van der Waals surface area (Å²) in [5.74, 6) is 1.83. The van der Waals surface area contributed by atoms with Gasteiger partial charge in [-0.2, -0.15) is 12.6 Å². The lowest BCUT2D eigenvalue weighted by Crippen LogP contribution is -2.15. The zero-order valence-electron chi connectivity index (χ0n) is 29.6. The molecule has 1 saturated carbocycles. The Morgan fingerprint density at radius 3 is 2.08 bits per heavy atom. The molecule has 3 amide bonds. The second-order valence-electron chi connectivity index (χ2n) is 12.6. The third kappa shape index (κ3) is 13.8. The van der Waals surface area contributed by atoms with Crippen LogP contribution in [0.15, 0.2) is 54.6 Å². The second kappa shape index (κ2) is 22.1. The maximum absolute atomic E-state index is 13.3. The molecule has 0 atom stereocenters. The fourth-order valence-corrected chi connectivity index (χ4v) is 5.56. The standard InChI is InChI=1S/C35H44N2O7S.2CH3NO/c1-22(2)20-43-32-17-25(24-5-10-28(45)11-6-24)7-12-29(32)26-8-13-30(33(18-26)44-21-23(3)4)36-35(39)27-9-14-31(37(40)41)34(19-27)42-16-15-38;2*2-1-3/h7-9,12-14,17-19,22-24,28,38,45H,5-6,10-11,15-16,20-21H2,1-4H3,(H,36,39);2*1H,(H2,2,3). The van der Waals surface area contributed by atoms with Gasteiger partial charge in [-0.15, -0.1) is 0 Å². The number of hydrogen-bond donors (Lipinski definition) is 5. The van der Waals surface area contributed by atoms with E-state index in [4.69, 9.17) is 28.9 Å². The van der Waals surface area contributed by atoms with E-state index in [1.54, 1.807) is 6.07 Å². The summed E-state index contributed by atoms with van der Waals surface area (Å²) in [6.07, 6.45) is 4.95. The molecule has 4 rings (SSSR count). The number of thiol groups is 1. The van der Waals surface area contributed by atoms with Gasteiger partial charge < -0.3 is 36.1 Å². The van der Waals surface area contributed by atoms with E-state index in [1.807, 2.05) is 26.0 Å². The molecule has 0 heterocycles. The minimum absolute atomic E-state index is 0.0932. The van der Waals surface area contributed by atoms with Crippen molar-refractivity contribution in [3.8, 4) is 28.4 Å². The summed E-state index contributed by atoms with van der Waals surface area (Å²) >= 11 is 4.67. The second-order valence-corrected chi connectivity index (χ2v) is 13.3. The van der Waals surface area contributed by atoms with Crippen molar-refractivity contribution in [2.45, 2.75) is 64.5 Å². The van der Waals surface area contributed by atoms with Gasteiger partial charge in [-0.25, -0.2) is 0 Å². The Kier molecular flexibility index (Phi) is 18.3. The molecule has 1 fully saturated rings. The van der Waals surface area contributed by atoms with Crippen LogP contribution in [0.25, 0.3) is 11.1 Å². The third-order valence-corrected chi connectivity index (χ3v) is 8.14. The number of nitrogens with two attached hydrogens (primary N) is 2. The van der Waals surface area contributed by atoms with E-state index in [2.05, 4.69) is 61.5 Å². The Morgan fingerprint density at radius 2 is 1.51 bits per heavy atom. The smallest absolute Gasteiger partial charge is 0.310 e. The summed E-state index contributed by atoms with van der Waals surface area (Å²) < 4.78 is 17.9. The van der Waals surface area contributed by atoms with Crippen LogP contribution in [0.2, 0.25) is 0 Å². The predicted molar refractivity (Wildman–Crippen MR) is 201 cm³/mol. The lowest BCUT2D eigenvalue weighted by Gasteiger charge is -2.27. The van der Waals surface area contributed by atoms with Crippen LogP contribution in [0, 0.1) is 22.0 Å². The summed E-state index contributed by atoms with van der Waals surface area (Å²) in [5, 5.41) is 23.9. The first-order valence-electron chi connectivity index (χ1n) is 16.7. The number of aliphatic hydroxyl groups is 1. The summed E-state index contributed by atoms with van der Waals surface area (Å²) in [7, 11) is 0. The van der Waals surface area contributed by atoms with Crippen molar-refractivity contribution in [2.75, 3.05) is 31.7 Å². The largest absolute Gasteiger partial charge is 0.493 e. The Balaban J connectivity index is 0.00000140. The van der Waals surface area contributed by atoms with Crippen LogP contribution in [-0.2, 0) is 9.59 Å². The third-order valence-electron chi connectivity index (χ3n) is 7.63. The van der Waals surface area contributed by atoms with Crippen LogP contribution in [0.1, 0.15) is 75.2 Å². The monoisotopic (exact) mass is 726 g/mol. The number of carbonyl (C=O) groups is 3. The van der Waals surface area contributed by atoms with Crippen LogP contribution < -0.4 is 31.0 Å². The lowest BCUT2D eigenvalue weighted by molar-refractivity contribution is -0.385. The number of amides is 3. The highest BCUT2D eigenvalue weighted by Gasteiger charge is 2.23. The van der Waals surface area contributed by atoms with Crippen molar-refractivity contribution < 1.29 is 38.6 Å². The first-order chi connectivity index (χ1) is 24.4. The zero-order valence-corrected chi connectivity index (χ0v) is 30.5. The van der Waals surface area contributed by atoms with Gasteiger partial charge in [0.2, 0.25) is 12.8 Å². The number of nitrogens with one attached hydrogen (secondary N) is 1. The Labute approximate surface area is 304 Å². The van der Waals surface area contributed by atoms with Gasteiger partial charge in [0.15, 0.2) is 5.75 Å². The Hall–Kier alpha value is -4.82. The number of primary amides is 2. The first kappa shape index (κ1) is 42.3. The molecule has 278 valence electrons. The highest BCUT2D eigenvalue weighted by atomic mass is 32.1. The fourth-order valence-electron chi connectivity index (χ4n) is 5.26. The van der Waals surface area contributed by atoms with Crippen LogP contribution in [0.4, 0.5) is 11.4 Å². The van der Waals surface area contributed by atoms with E-state index in [0.29, 0.717) is 41.7 Å². The molecule has 13 nitrogen and oxygen atoms in total. The minimum atomic E-state index is -0.594. The number of anilines is 1. The lowest BCUT2D eigenvalue weighted by atomic mass is 9.83. The van der Waals surface area contributed by atoms with Crippen LogP contribution in [0.3, 0.4) is 0 Å². The van der Waals surface area contributed by atoms with Gasteiger partial charge in [0.05, 0.1) is 30.4 Å². The van der Waals surface area contributed by atoms with E-state index >= 15 is 0 Å². The number of hydrogen-bond acceptors (Lipinski definition) is 10. The fraction of sp³-hybridized carbons (Fsp3) is 0.432. The summed E-state index contributed by atoms with van der Waals surface area (Å²) in [4.78, 5) is 41.3. The maximum atomic E-state index is 13.3. The normalized spacial score (nSPS) is 15.0. The molecule has 6 N–H and O–H groups in total. The zero-order chi connectivity index (χ0) is 37.9. The van der Waals surface area contributed by atoms with Gasteiger partial charge in [-0.05, 0) is 78.8 Å². The van der Waals surface area contributed by atoms with E-state index in [-0.39, 0.29) is 49.0 Å². The molecule has 1 aliphatic rings. The molecule has 0 radical (unpaired) electrons. The number of carbonyl (C=O) groups excluding carboxylic acids is 3. The number of aliphatic hydroxyl groups excluding tert-OH is 1. The van der Waals surface area contributed by atoms with Crippen molar-refractivity contribution >= 4 is 42.7 Å². The average molecular weight is 727 g/mol. The quantitative estimate of drug-likeness (QED) is 0.0561. The van der Waals surface area contributed by atoms with Crippen molar-refractivity contribution in [3.05, 3.63) is 75.8 Å². The SMILES string of the molecule is CC(C)COc1cc(-c2ccc(C3CCC(S)CC3)cc2OCC(C)C)ccc1NC(=O)c1ccc([N+](=O)[O-])c(OCCO)c1.NC=O.NC=O. The molecular formula is C37H50N4O9S.